The van der Waals surface area contributed by atoms with E-state index < -0.39 is 5.41 Å². The summed E-state index contributed by atoms with van der Waals surface area (Å²) in [6.07, 6.45) is 1.43. The molecule has 2 aromatic carbocycles. The molecule has 0 unspecified atom stereocenters. The maximum Gasteiger partial charge on any atom is 0.235 e. The van der Waals surface area contributed by atoms with Gasteiger partial charge in [-0.05, 0) is 42.5 Å². The Bertz CT molecular complexity index is 828. The van der Waals surface area contributed by atoms with Gasteiger partial charge in [-0.25, -0.2) is 0 Å². The number of carbonyl (C=O) groups excluding carboxylic acids is 1. The summed E-state index contributed by atoms with van der Waals surface area (Å²) in [5.41, 5.74) is 3.86. The van der Waals surface area contributed by atoms with E-state index in [4.69, 9.17) is 4.74 Å². The highest BCUT2D eigenvalue weighted by molar-refractivity contribution is 7.99. The van der Waals surface area contributed by atoms with Gasteiger partial charge in [0.15, 0.2) is 0 Å². The highest BCUT2D eigenvalue weighted by atomic mass is 32.2. The van der Waals surface area contributed by atoms with E-state index >= 15 is 0 Å². The van der Waals surface area contributed by atoms with Gasteiger partial charge in [0, 0.05) is 50.0 Å². The van der Waals surface area contributed by atoms with E-state index in [1.807, 2.05) is 30.0 Å². The fraction of sp³-hybridized carbons (Fsp3) is 0.458. The molecule has 0 spiro atoms. The van der Waals surface area contributed by atoms with E-state index in [0.29, 0.717) is 26.1 Å². The minimum Gasteiger partial charge on any atom is -0.381 e. The van der Waals surface area contributed by atoms with Crippen molar-refractivity contribution in [3.05, 3.63) is 65.2 Å². The predicted octanol–water partition coefficient (Wildman–Crippen LogP) is 4.23. The van der Waals surface area contributed by atoms with Crippen LogP contribution in [0.4, 0.5) is 5.69 Å². The number of nitrogens with zero attached hydrogens (tertiary/aromatic N) is 1. The van der Waals surface area contributed by atoms with Crippen LogP contribution in [0.3, 0.4) is 0 Å². The molecule has 2 aliphatic heterocycles. The summed E-state index contributed by atoms with van der Waals surface area (Å²) >= 11 is 2.03. The minimum atomic E-state index is -0.522. The number of anilines is 1. The quantitative estimate of drug-likeness (QED) is 0.801. The first-order chi connectivity index (χ1) is 14.2. The lowest BCUT2D eigenvalue weighted by Crippen LogP contribution is -2.45. The summed E-state index contributed by atoms with van der Waals surface area (Å²) in [7, 11) is 0. The van der Waals surface area contributed by atoms with Gasteiger partial charge in [-0.3, -0.25) is 9.69 Å². The molecule has 1 N–H and O–H groups in total. The number of hydrogen-bond donors (Lipinski definition) is 1. The van der Waals surface area contributed by atoms with E-state index in [2.05, 4.69) is 47.5 Å². The predicted molar refractivity (Wildman–Crippen MR) is 121 cm³/mol. The van der Waals surface area contributed by atoms with Gasteiger partial charge in [-0.15, -0.1) is 0 Å². The number of aryl methyl sites for hydroxylation is 1. The van der Waals surface area contributed by atoms with Gasteiger partial charge >= 0.3 is 0 Å². The monoisotopic (exact) mass is 410 g/mol. The molecule has 0 aliphatic carbocycles. The second-order valence-electron chi connectivity index (χ2n) is 8.05. The second-order valence-corrected chi connectivity index (χ2v) is 9.28. The molecule has 0 atom stereocenters. The number of benzene rings is 2. The highest BCUT2D eigenvalue weighted by Crippen LogP contribution is 2.36. The fourth-order valence-corrected chi connectivity index (χ4v) is 5.26. The Hall–Kier alpha value is -1.82. The van der Waals surface area contributed by atoms with Crippen LogP contribution in [0.1, 0.15) is 29.5 Å². The van der Waals surface area contributed by atoms with Crippen molar-refractivity contribution in [1.29, 1.82) is 0 Å². The first kappa shape index (κ1) is 20.5. The summed E-state index contributed by atoms with van der Waals surface area (Å²) in [5.74, 6) is 2.50. The molecule has 4 rings (SSSR count). The topological polar surface area (TPSA) is 41.6 Å². The number of rotatable bonds is 5. The Morgan fingerprint density at radius 1 is 1.10 bits per heavy atom. The summed E-state index contributed by atoms with van der Waals surface area (Å²) in [5, 5.41) is 3.28. The number of amides is 1. The third kappa shape index (κ3) is 4.68. The van der Waals surface area contributed by atoms with E-state index in [1.54, 1.807) is 0 Å². The molecule has 4 nitrogen and oxygen atoms in total. The fourth-order valence-electron chi connectivity index (χ4n) is 4.29. The number of ether oxygens (including phenoxy) is 1. The lowest BCUT2D eigenvalue weighted by atomic mass is 9.73. The third-order valence-corrected chi connectivity index (χ3v) is 7.11. The van der Waals surface area contributed by atoms with Gasteiger partial charge in [-0.2, -0.15) is 11.8 Å². The minimum absolute atomic E-state index is 0.0848. The largest absolute Gasteiger partial charge is 0.381 e. The van der Waals surface area contributed by atoms with Crippen LogP contribution in [0.15, 0.2) is 48.5 Å². The SMILES string of the molecule is Cc1ccc(CN2CCSCC2)cc1NC(=O)C1(c2ccccc2)CCOCC1. The molecule has 5 heteroatoms. The van der Waals surface area contributed by atoms with Crippen LogP contribution in [0, 0.1) is 6.92 Å². The molecule has 2 aromatic rings. The third-order valence-electron chi connectivity index (χ3n) is 6.17. The molecule has 2 fully saturated rings. The molecular weight excluding hydrogens is 380 g/mol. The van der Waals surface area contributed by atoms with Crippen molar-refractivity contribution in [2.45, 2.75) is 31.7 Å². The molecule has 0 aromatic heterocycles. The van der Waals surface area contributed by atoms with Gasteiger partial charge in [0.1, 0.15) is 0 Å². The van der Waals surface area contributed by atoms with Crippen LogP contribution in [0.5, 0.6) is 0 Å². The lowest BCUT2D eigenvalue weighted by molar-refractivity contribution is -0.125. The van der Waals surface area contributed by atoms with Gasteiger partial charge < -0.3 is 10.1 Å². The molecular formula is C24H30N2O2S. The Balaban J connectivity index is 1.55. The number of carbonyl (C=O) groups is 1. The molecule has 2 saturated heterocycles. The number of thioether (sulfide) groups is 1. The zero-order valence-corrected chi connectivity index (χ0v) is 18.0. The summed E-state index contributed by atoms with van der Waals surface area (Å²) in [6.45, 7) is 6.52. The maximum atomic E-state index is 13.6. The van der Waals surface area contributed by atoms with Gasteiger partial charge in [0.25, 0.3) is 0 Å². The maximum absolute atomic E-state index is 13.6. The van der Waals surface area contributed by atoms with Crippen molar-refractivity contribution in [3.8, 4) is 0 Å². The lowest BCUT2D eigenvalue weighted by Gasteiger charge is -2.36. The smallest absolute Gasteiger partial charge is 0.235 e. The second kappa shape index (κ2) is 9.33. The van der Waals surface area contributed by atoms with E-state index in [9.17, 15) is 4.79 Å². The van der Waals surface area contributed by atoms with Gasteiger partial charge in [0.2, 0.25) is 5.91 Å². The number of nitrogens with one attached hydrogen (secondary N) is 1. The van der Waals surface area contributed by atoms with Gasteiger partial charge in [-0.1, -0.05) is 42.5 Å². The van der Waals surface area contributed by atoms with Crippen LogP contribution in [-0.2, 0) is 21.5 Å². The molecule has 154 valence electrons. The van der Waals surface area contributed by atoms with E-state index in [-0.39, 0.29) is 5.91 Å². The molecule has 0 saturated carbocycles. The zero-order chi connectivity index (χ0) is 20.1. The molecule has 0 bridgehead atoms. The molecule has 29 heavy (non-hydrogen) atoms. The van der Waals surface area contributed by atoms with Crippen molar-refractivity contribution in [3.63, 3.8) is 0 Å². The average Bonchev–Trinajstić information content (AvgIpc) is 2.78. The molecule has 2 heterocycles. The normalized spacial score (nSPS) is 19.6. The van der Waals surface area contributed by atoms with Crippen molar-refractivity contribution in [1.82, 2.24) is 4.90 Å². The Labute approximate surface area is 178 Å². The van der Waals surface area contributed by atoms with Crippen LogP contribution >= 0.6 is 11.8 Å². The summed E-state index contributed by atoms with van der Waals surface area (Å²) < 4.78 is 5.59. The Morgan fingerprint density at radius 2 is 1.83 bits per heavy atom. The van der Waals surface area contributed by atoms with Crippen molar-refractivity contribution in [2.24, 2.45) is 0 Å². The van der Waals surface area contributed by atoms with Gasteiger partial charge in [0.05, 0.1) is 5.41 Å². The first-order valence-corrected chi connectivity index (χ1v) is 11.7. The van der Waals surface area contributed by atoms with Crippen molar-refractivity contribution < 1.29 is 9.53 Å². The van der Waals surface area contributed by atoms with Crippen LogP contribution in [-0.4, -0.2) is 48.6 Å². The number of hydrogen-bond acceptors (Lipinski definition) is 4. The summed E-state index contributed by atoms with van der Waals surface area (Å²) in [4.78, 5) is 16.1. The Kier molecular flexibility index (Phi) is 6.58. The Morgan fingerprint density at radius 3 is 2.55 bits per heavy atom. The zero-order valence-electron chi connectivity index (χ0n) is 17.2. The van der Waals surface area contributed by atoms with Crippen LogP contribution < -0.4 is 5.32 Å². The molecule has 0 radical (unpaired) electrons. The van der Waals surface area contributed by atoms with Crippen LogP contribution in [0.2, 0.25) is 0 Å². The average molecular weight is 411 g/mol. The standard InChI is InChI=1S/C24H30N2O2S/c1-19-7-8-20(18-26-11-15-29-16-12-26)17-22(19)25-23(27)24(9-13-28-14-10-24)21-5-3-2-4-6-21/h2-8,17H,9-16,18H2,1H3,(H,25,27). The highest BCUT2D eigenvalue weighted by Gasteiger charge is 2.41. The molecule has 1 amide bonds. The summed E-state index contributed by atoms with van der Waals surface area (Å²) in [6, 6.07) is 16.7. The van der Waals surface area contributed by atoms with Crippen LogP contribution in [0.25, 0.3) is 0 Å². The van der Waals surface area contributed by atoms with Crippen molar-refractivity contribution >= 4 is 23.4 Å². The van der Waals surface area contributed by atoms with Crippen molar-refractivity contribution in [2.75, 3.05) is 43.1 Å². The first-order valence-electron chi connectivity index (χ1n) is 10.5. The molecule has 2 aliphatic rings. The van der Waals surface area contributed by atoms with E-state index in [0.717, 1.165) is 36.4 Å². The van der Waals surface area contributed by atoms with E-state index in [1.165, 1.54) is 17.1 Å².